The van der Waals surface area contributed by atoms with Crippen molar-refractivity contribution in [2.45, 2.75) is 32.7 Å². The van der Waals surface area contributed by atoms with Crippen LogP contribution in [0.4, 0.5) is 0 Å². The van der Waals surface area contributed by atoms with Gasteiger partial charge in [-0.3, -0.25) is 4.79 Å². The van der Waals surface area contributed by atoms with Crippen molar-refractivity contribution in [1.29, 1.82) is 0 Å². The van der Waals surface area contributed by atoms with Gasteiger partial charge >= 0.3 is 0 Å². The first-order chi connectivity index (χ1) is 8.19. The Morgan fingerprint density at radius 2 is 2.00 bits per heavy atom. The monoisotopic (exact) mass is 253 g/mol. The predicted molar refractivity (Wildman–Crippen MR) is 72.1 cm³/mol. The number of alkyl halides is 1. The van der Waals surface area contributed by atoms with Gasteiger partial charge in [0.15, 0.2) is 0 Å². The van der Waals surface area contributed by atoms with E-state index in [1.807, 2.05) is 37.3 Å². The lowest BCUT2D eigenvalue weighted by Gasteiger charge is -2.20. The predicted octanol–water partition coefficient (Wildman–Crippen LogP) is 3.52. The van der Waals surface area contributed by atoms with Crippen molar-refractivity contribution in [3.05, 3.63) is 35.9 Å². The number of carbonyl (C=O) groups is 1. The van der Waals surface area contributed by atoms with E-state index in [2.05, 4.69) is 12.2 Å². The number of nitrogens with one attached hydrogen (secondary N) is 1. The van der Waals surface area contributed by atoms with Gasteiger partial charge in [0.2, 0.25) is 5.91 Å². The fourth-order valence-electron chi connectivity index (χ4n) is 1.68. The first-order valence-electron chi connectivity index (χ1n) is 6.10. The van der Waals surface area contributed by atoms with Crippen LogP contribution in [0.1, 0.15) is 38.3 Å². The summed E-state index contributed by atoms with van der Waals surface area (Å²) in [7, 11) is 0. The van der Waals surface area contributed by atoms with Crippen molar-refractivity contribution in [3.63, 3.8) is 0 Å². The molecule has 0 bridgehead atoms. The Kier molecular flexibility index (Phi) is 6.06. The Morgan fingerprint density at radius 3 is 2.53 bits per heavy atom. The first-order valence-corrected chi connectivity index (χ1v) is 6.63. The lowest BCUT2D eigenvalue weighted by molar-refractivity contribution is -0.124. The lowest BCUT2D eigenvalue weighted by atomic mass is 10.0. The van der Waals surface area contributed by atoms with E-state index in [0.29, 0.717) is 5.88 Å². The molecule has 0 saturated heterocycles. The van der Waals surface area contributed by atoms with Crippen molar-refractivity contribution in [2.24, 2.45) is 5.92 Å². The zero-order valence-electron chi connectivity index (χ0n) is 10.4. The molecular formula is C14H20ClNO. The summed E-state index contributed by atoms with van der Waals surface area (Å²) in [5.74, 6) is 0.251. The van der Waals surface area contributed by atoms with Gasteiger partial charge in [0, 0.05) is 11.8 Å². The zero-order valence-corrected chi connectivity index (χ0v) is 11.2. The normalized spacial score (nSPS) is 14.1. The first kappa shape index (κ1) is 14.0. The molecule has 2 atom stereocenters. The van der Waals surface area contributed by atoms with E-state index in [4.69, 9.17) is 11.6 Å². The molecule has 0 aliphatic rings. The fraction of sp³-hybridized carbons (Fsp3) is 0.500. The van der Waals surface area contributed by atoms with Crippen LogP contribution in [0.3, 0.4) is 0 Å². The molecule has 1 amide bonds. The molecule has 1 rings (SSSR count). The molecule has 0 aliphatic carbocycles. The van der Waals surface area contributed by atoms with E-state index in [1.54, 1.807) is 0 Å². The molecular weight excluding hydrogens is 234 g/mol. The van der Waals surface area contributed by atoms with Crippen LogP contribution < -0.4 is 5.32 Å². The number of benzene rings is 1. The molecule has 0 fully saturated rings. The smallest absolute Gasteiger partial charge is 0.224 e. The van der Waals surface area contributed by atoms with E-state index >= 15 is 0 Å². The topological polar surface area (TPSA) is 29.1 Å². The third-order valence-electron chi connectivity index (χ3n) is 2.77. The van der Waals surface area contributed by atoms with Crippen LogP contribution in [0.25, 0.3) is 0 Å². The van der Waals surface area contributed by atoms with Gasteiger partial charge in [0.05, 0.1) is 6.04 Å². The van der Waals surface area contributed by atoms with Crippen LogP contribution in [0.5, 0.6) is 0 Å². The summed E-state index contributed by atoms with van der Waals surface area (Å²) in [5, 5.41) is 3.06. The quantitative estimate of drug-likeness (QED) is 0.773. The highest BCUT2D eigenvalue weighted by molar-refractivity contribution is 6.19. The second kappa shape index (κ2) is 7.33. The maximum Gasteiger partial charge on any atom is 0.224 e. The third-order valence-corrected chi connectivity index (χ3v) is 3.24. The van der Waals surface area contributed by atoms with E-state index in [0.717, 1.165) is 18.4 Å². The van der Waals surface area contributed by atoms with Gasteiger partial charge in [-0.25, -0.2) is 0 Å². The van der Waals surface area contributed by atoms with E-state index in [9.17, 15) is 4.79 Å². The van der Waals surface area contributed by atoms with Crippen molar-refractivity contribution < 1.29 is 4.79 Å². The molecule has 1 N–H and O–H groups in total. The molecule has 0 radical (unpaired) electrons. The summed E-state index contributed by atoms with van der Waals surface area (Å²) in [6.07, 6.45) is 1.99. The lowest BCUT2D eigenvalue weighted by Crippen LogP contribution is -2.33. The van der Waals surface area contributed by atoms with E-state index in [-0.39, 0.29) is 17.9 Å². The Labute approximate surface area is 108 Å². The Bertz CT molecular complexity index is 339. The Hall–Kier alpha value is -1.02. The summed E-state index contributed by atoms with van der Waals surface area (Å²) >= 11 is 5.69. The van der Waals surface area contributed by atoms with Crippen LogP contribution in [0, 0.1) is 5.92 Å². The molecule has 0 aromatic heterocycles. The standard InChI is InChI=1S/C14H20ClNO/c1-3-7-13(12-8-5-4-6-9-12)16-14(17)11(2)10-15/h4-6,8-9,11,13H,3,7,10H2,1-2H3,(H,16,17). The Morgan fingerprint density at radius 1 is 1.35 bits per heavy atom. The highest BCUT2D eigenvalue weighted by Crippen LogP contribution is 2.18. The minimum absolute atomic E-state index is 0.0299. The second-order valence-corrected chi connectivity index (χ2v) is 4.62. The van der Waals surface area contributed by atoms with Gasteiger partial charge in [0.1, 0.15) is 0 Å². The molecule has 1 aromatic carbocycles. The number of amides is 1. The SMILES string of the molecule is CCCC(NC(=O)C(C)CCl)c1ccccc1. The highest BCUT2D eigenvalue weighted by atomic mass is 35.5. The number of hydrogen-bond acceptors (Lipinski definition) is 1. The van der Waals surface area contributed by atoms with E-state index in [1.165, 1.54) is 0 Å². The second-order valence-electron chi connectivity index (χ2n) is 4.32. The highest BCUT2D eigenvalue weighted by Gasteiger charge is 2.17. The molecule has 17 heavy (non-hydrogen) atoms. The number of hydrogen-bond donors (Lipinski definition) is 1. The van der Waals surface area contributed by atoms with Crippen LogP contribution in [-0.2, 0) is 4.79 Å². The van der Waals surface area contributed by atoms with Crippen LogP contribution in [-0.4, -0.2) is 11.8 Å². The fourth-order valence-corrected chi connectivity index (χ4v) is 1.82. The van der Waals surface area contributed by atoms with Crippen LogP contribution in [0.15, 0.2) is 30.3 Å². The average Bonchev–Trinajstić information content (AvgIpc) is 2.38. The van der Waals surface area contributed by atoms with Crippen LogP contribution in [0.2, 0.25) is 0 Å². The molecule has 0 saturated carbocycles. The summed E-state index contributed by atoms with van der Waals surface area (Å²) in [6, 6.07) is 10.2. The summed E-state index contributed by atoms with van der Waals surface area (Å²) < 4.78 is 0. The van der Waals surface area contributed by atoms with Gasteiger partial charge in [-0.2, -0.15) is 0 Å². The van der Waals surface area contributed by atoms with Crippen molar-refractivity contribution in [2.75, 3.05) is 5.88 Å². The summed E-state index contributed by atoms with van der Waals surface area (Å²) in [6.45, 7) is 3.96. The molecule has 94 valence electrons. The van der Waals surface area contributed by atoms with Gasteiger partial charge < -0.3 is 5.32 Å². The number of rotatable bonds is 6. The van der Waals surface area contributed by atoms with Crippen molar-refractivity contribution in [1.82, 2.24) is 5.32 Å². The molecule has 0 aliphatic heterocycles. The van der Waals surface area contributed by atoms with Crippen molar-refractivity contribution >= 4 is 17.5 Å². The third kappa shape index (κ3) is 4.39. The van der Waals surface area contributed by atoms with Crippen molar-refractivity contribution in [3.8, 4) is 0 Å². The van der Waals surface area contributed by atoms with Gasteiger partial charge in [-0.15, -0.1) is 11.6 Å². The number of carbonyl (C=O) groups excluding carboxylic acids is 1. The maximum absolute atomic E-state index is 11.8. The molecule has 2 nitrogen and oxygen atoms in total. The molecule has 2 unspecified atom stereocenters. The summed E-state index contributed by atoms with van der Waals surface area (Å²) in [4.78, 5) is 11.8. The molecule has 3 heteroatoms. The minimum Gasteiger partial charge on any atom is -0.349 e. The zero-order chi connectivity index (χ0) is 12.7. The maximum atomic E-state index is 11.8. The molecule has 0 spiro atoms. The Balaban J connectivity index is 2.70. The van der Waals surface area contributed by atoms with E-state index < -0.39 is 0 Å². The van der Waals surface area contributed by atoms with Gasteiger partial charge in [-0.05, 0) is 12.0 Å². The molecule has 0 heterocycles. The minimum atomic E-state index is -0.139. The number of halogens is 1. The van der Waals surface area contributed by atoms with Gasteiger partial charge in [0.25, 0.3) is 0 Å². The summed E-state index contributed by atoms with van der Waals surface area (Å²) in [5.41, 5.74) is 1.16. The average molecular weight is 254 g/mol. The van der Waals surface area contributed by atoms with Crippen LogP contribution >= 0.6 is 11.6 Å². The molecule has 1 aromatic rings. The largest absolute Gasteiger partial charge is 0.349 e. The van der Waals surface area contributed by atoms with Gasteiger partial charge in [-0.1, -0.05) is 50.6 Å².